The first-order chi connectivity index (χ1) is 34.6. The Balaban J connectivity index is 0.00000626. The van der Waals surface area contributed by atoms with Crippen molar-refractivity contribution in [1.29, 1.82) is 0 Å². The van der Waals surface area contributed by atoms with Crippen LogP contribution in [0.3, 0.4) is 0 Å². The summed E-state index contributed by atoms with van der Waals surface area (Å²) < 4.78 is 6.73. The summed E-state index contributed by atoms with van der Waals surface area (Å²) in [5.41, 5.74) is 16.7. The SMILES string of the molecule is Cn1c(-c2ccccc2)nc2cc3c(cc21)c1cccnc1n3-c1[c-]c(-c2cccc3c2nc(-c2cc(C(C)(C)C)cc(C(C)(C)C)c2O)n3-c2ccc(C(C)(C)C)cc2-c2ccccc2)cc(C(C)(C)C)c1.[Pt]. The van der Waals surface area contributed by atoms with Gasteiger partial charge in [-0.25, -0.2) is 15.0 Å². The van der Waals surface area contributed by atoms with E-state index in [0.29, 0.717) is 11.4 Å². The maximum atomic E-state index is 12.7. The first kappa shape index (κ1) is 50.5. The zero-order chi connectivity index (χ0) is 51.5. The van der Waals surface area contributed by atoms with Gasteiger partial charge in [-0.2, -0.15) is 0 Å². The summed E-state index contributed by atoms with van der Waals surface area (Å²) in [6.45, 7) is 26.8. The summed E-state index contributed by atoms with van der Waals surface area (Å²) in [4.78, 5) is 16.1. The number of para-hydroxylation sites is 1. The van der Waals surface area contributed by atoms with Gasteiger partial charge >= 0.3 is 0 Å². The van der Waals surface area contributed by atoms with Gasteiger partial charge in [-0.05, 0) is 92.6 Å². The van der Waals surface area contributed by atoms with Crippen molar-refractivity contribution in [3.8, 4) is 62.2 Å². The predicted octanol–water partition coefficient (Wildman–Crippen LogP) is 16.8. The van der Waals surface area contributed by atoms with Crippen LogP contribution in [0, 0.1) is 6.07 Å². The first-order valence-electron chi connectivity index (χ1n) is 25.6. The zero-order valence-corrected chi connectivity index (χ0v) is 47.2. The molecule has 0 aliphatic carbocycles. The molecule has 4 heterocycles. The van der Waals surface area contributed by atoms with Gasteiger partial charge in [-0.3, -0.25) is 4.57 Å². The Morgan fingerprint density at radius 3 is 1.80 bits per heavy atom. The summed E-state index contributed by atoms with van der Waals surface area (Å²) in [5, 5.41) is 14.8. The van der Waals surface area contributed by atoms with Crippen LogP contribution in [0.15, 0.2) is 152 Å². The number of nitrogens with zero attached hydrogens (tertiary/aromatic N) is 6. The Kier molecular flexibility index (Phi) is 12.3. The third kappa shape index (κ3) is 8.67. The number of pyridine rings is 1. The number of phenols is 1. The van der Waals surface area contributed by atoms with Crippen LogP contribution in [0.4, 0.5) is 0 Å². The van der Waals surface area contributed by atoms with E-state index in [-0.39, 0.29) is 48.5 Å². The van der Waals surface area contributed by atoms with Gasteiger partial charge in [0.1, 0.15) is 23.0 Å². The number of hydrogen-bond acceptors (Lipinski definition) is 4. The van der Waals surface area contributed by atoms with Crippen LogP contribution >= 0.6 is 0 Å². The van der Waals surface area contributed by atoms with E-state index < -0.39 is 0 Å². The predicted molar refractivity (Wildman–Crippen MR) is 305 cm³/mol. The van der Waals surface area contributed by atoms with Crippen LogP contribution < -0.4 is 0 Å². The molecule has 74 heavy (non-hydrogen) atoms. The van der Waals surface area contributed by atoms with Gasteiger partial charge in [0.05, 0.1) is 38.8 Å². The van der Waals surface area contributed by atoms with Crippen LogP contribution in [0.1, 0.15) is 105 Å². The van der Waals surface area contributed by atoms with Gasteiger partial charge in [-0.15, -0.1) is 29.3 Å². The molecule has 0 saturated carbocycles. The summed E-state index contributed by atoms with van der Waals surface area (Å²) in [5.74, 6) is 1.83. The minimum Gasteiger partial charge on any atom is -0.507 e. The number of imidazole rings is 2. The number of rotatable bonds is 6. The second-order valence-corrected chi connectivity index (χ2v) is 24.1. The van der Waals surface area contributed by atoms with Gasteiger partial charge < -0.3 is 14.2 Å². The minimum absolute atomic E-state index is 0. The van der Waals surface area contributed by atoms with Crippen molar-refractivity contribution in [1.82, 2.24) is 28.7 Å². The molecule has 11 rings (SSSR count). The number of phenolic OH excluding ortho intramolecular Hbond substituents is 1. The molecule has 7 aromatic carbocycles. The van der Waals surface area contributed by atoms with Crippen molar-refractivity contribution in [2.75, 3.05) is 0 Å². The van der Waals surface area contributed by atoms with Gasteiger partial charge in [-0.1, -0.05) is 174 Å². The second-order valence-electron chi connectivity index (χ2n) is 24.1. The molecule has 0 aliphatic heterocycles. The quantitative estimate of drug-likeness (QED) is 0.168. The largest absolute Gasteiger partial charge is 0.507 e. The maximum Gasteiger partial charge on any atom is 0.148 e. The van der Waals surface area contributed by atoms with Crippen molar-refractivity contribution in [3.05, 3.63) is 180 Å². The molecule has 0 fully saturated rings. The van der Waals surface area contributed by atoms with Gasteiger partial charge in [0.25, 0.3) is 0 Å². The molecule has 4 aromatic heterocycles. The minimum atomic E-state index is -0.349. The van der Waals surface area contributed by atoms with E-state index in [1.807, 2.05) is 18.3 Å². The Bertz CT molecular complexity index is 3960. The molecule has 376 valence electrons. The third-order valence-corrected chi connectivity index (χ3v) is 14.7. The zero-order valence-electron chi connectivity index (χ0n) is 44.9. The van der Waals surface area contributed by atoms with Gasteiger partial charge in [0.2, 0.25) is 0 Å². The summed E-state index contributed by atoms with van der Waals surface area (Å²) in [6.07, 6.45) is 1.87. The van der Waals surface area contributed by atoms with Crippen molar-refractivity contribution in [3.63, 3.8) is 0 Å². The topological polar surface area (TPSA) is 73.7 Å². The number of aromatic hydroxyl groups is 1. The van der Waals surface area contributed by atoms with Crippen LogP contribution in [0.25, 0.3) is 100 Å². The Morgan fingerprint density at radius 1 is 0.486 bits per heavy atom. The van der Waals surface area contributed by atoms with Crippen LogP contribution in [0.5, 0.6) is 5.75 Å². The molecular formula is C66H65N6OPt-. The molecular weight excluding hydrogens is 1090 g/mol. The van der Waals surface area contributed by atoms with E-state index >= 15 is 0 Å². The molecule has 8 heteroatoms. The molecule has 0 atom stereocenters. The fourth-order valence-electron chi connectivity index (χ4n) is 10.5. The Hall–Kier alpha value is -7.08. The van der Waals surface area contributed by atoms with Crippen LogP contribution in [-0.2, 0) is 49.8 Å². The number of aryl methyl sites for hydroxylation is 1. The first-order valence-corrected chi connectivity index (χ1v) is 25.6. The molecule has 1 N–H and O–H groups in total. The molecule has 7 nitrogen and oxygen atoms in total. The van der Waals surface area contributed by atoms with E-state index in [1.54, 1.807) is 0 Å². The normalized spacial score (nSPS) is 12.6. The molecule has 0 unspecified atom stereocenters. The van der Waals surface area contributed by atoms with Gasteiger partial charge in [0, 0.05) is 61.8 Å². The van der Waals surface area contributed by atoms with Crippen molar-refractivity contribution in [2.45, 2.75) is 105 Å². The number of hydrogen-bond donors (Lipinski definition) is 1. The van der Waals surface area contributed by atoms with Crippen molar-refractivity contribution in [2.24, 2.45) is 7.05 Å². The van der Waals surface area contributed by atoms with Crippen LogP contribution in [0.2, 0.25) is 0 Å². The summed E-state index contributed by atoms with van der Waals surface area (Å²) in [7, 11) is 2.09. The molecule has 0 bridgehead atoms. The third-order valence-electron chi connectivity index (χ3n) is 14.7. The summed E-state index contributed by atoms with van der Waals surface area (Å²) >= 11 is 0. The number of aromatic nitrogens is 6. The maximum absolute atomic E-state index is 12.7. The molecule has 0 aliphatic rings. The van der Waals surface area contributed by atoms with E-state index in [2.05, 4.69) is 243 Å². The second kappa shape index (κ2) is 18.1. The van der Waals surface area contributed by atoms with E-state index in [4.69, 9.17) is 15.0 Å². The smallest absolute Gasteiger partial charge is 0.148 e. The fraction of sp³-hybridized carbons (Fsp3) is 0.258. The van der Waals surface area contributed by atoms with E-state index in [9.17, 15) is 5.11 Å². The number of fused-ring (bicyclic) bond motifs is 5. The van der Waals surface area contributed by atoms with Crippen LogP contribution in [-0.4, -0.2) is 33.8 Å². The average Bonchev–Trinajstić information content (AvgIpc) is 4.01. The average molecular weight is 1150 g/mol. The van der Waals surface area contributed by atoms with E-state index in [1.165, 1.54) is 5.56 Å². The number of benzene rings is 7. The molecule has 11 aromatic rings. The fourth-order valence-corrected chi connectivity index (χ4v) is 10.5. The van der Waals surface area contributed by atoms with Crippen molar-refractivity contribution >= 4 is 44.0 Å². The van der Waals surface area contributed by atoms with Gasteiger partial charge in [0.15, 0.2) is 0 Å². The molecule has 0 saturated heterocycles. The standard InChI is InChI=1S/C66H65N6O.Pt/c1-63(2,3)43-29-30-54(49(35-43)40-22-16-14-17-23-40)72-55-28-20-26-47(58(55)69-62(72)51-36-45(65(7,8)9)37-52(59(51)73)66(10,11)12)42-32-44(64(4,5)6)34-46(33-42)71-56-39-53-57(38-50(56)48-27-21-31-67-61(48)71)70(13)60(68-53)41-24-18-15-19-25-41;/h14-32,34-39,73H,1-13H3;/q-1;. The monoisotopic (exact) mass is 1150 g/mol. The molecule has 0 radical (unpaired) electrons. The molecule has 0 spiro atoms. The van der Waals surface area contributed by atoms with Crippen molar-refractivity contribution < 1.29 is 26.2 Å². The Morgan fingerprint density at radius 2 is 1.14 bits per heavy atom. The summed E-state index contributed by atoms with van der Waals surface area (Å²) in [6, 6.07) is 55.9. The molecule has 0 amide bonds. The Labute approximate surface area is 450 Å². The van der Waals surface area contributed by atoms with E-state index in [0.717, 1.165) is 106 Å².